The standard InChI is InChI=1S/C24H28O4/c1-22(2,3)18-6-4-17(5-7-18)21(26)16-20-10-13-24(27-20)15-14-23(28-24)11-8-19(25)9-12-23/h4-9,11-12,20H,10,13-16H2,1-3H3/t20-,24-/m0/s1. The summed E-state index contributed by atoms with van der Waals surface area (Å²) in [4.78, 5) is 24.1. The Morgan fingerprint density at radius 1 is 1.07 bits per heavy atom. The van der Waals surface area contributed by atoms with E-state index < -0.39 is 11.4 Å². The molecule has 4 nitrogen and oxygen atoms in total. The van der Waals surface area contributed by atoms with Crippen LogP contribution in [-0.4, -0.2) is 29.1 Å². The van der Waals surface area contributed by atoms with Crippen molar-refractivity contribution in [2.45, 2.75) is 75.8 Å². The molecule has 1 aromatic rings. The predicted octanol–water partition coefficient (Wildman–Crippen LogP) is 4.68. The molecule has 0 amide bonds. The number of rotatable bonds is 3. The molecule has 4 rings (SSSR count). The summed E-state index contributed by atoms with van der Waals surface area (Å²) in [5.41, 5.74) is 1.50. The second-order valence-electron chi connectivity index (χ2n) is 9.27. The molecule has 1 aromatic carbocycles. The maximum atomic E-state index is 12.7. The summed E-state index contributed by atoms with van der Waals surface area (Å²) in [7, 11) is 0. The molecule has 4 heteroatoms. The van der Waals surface area contributed by atoms with Crippen LogP contribution in [0.25, 0.3) is 0 Å². The molecule has 2 heterocycles. The van der Waals surface area contributed by atoms with Gasteiger partial charge in [-0.05, 0) is 48.1 Å². The summed E-state index contributed by atoms with van der Waals surface area (Å²) < 4.78 is 12.5. The van der Waals surface area contributed by atoms with Crippen molar-refractivity contribution in [1.82, 2.24) is 0 Å². The lowest BCUT2D eigenvalue weighted by Crippen LogP contribution is -2.34. The predicted molar refractivity (Wildman–Crippen MR) is 107 cm³/mol. The number of hydrogen-bond acceptors (Lipinski definition) is 4. The second-order valence-corrected chi connectivity index (χ2v) is 9.27. The van der Waals surface area contributed by atoms with Crippen molar-refractivity contribution in [2.75, 3.05) is 0 Å². The fraction of sp³-hybridized carbons (Fsp3) is 0.500. The monoisotopic (exact) mass is 380 g/mol. The van der Waals surface area contributed by atoms with Crippen LogP contribution in [0.15, 0.2) is 48.6 Å². The summed E-state index contributed by atoms with van der Waals surface area (Å²) in [6, 6.07) is 7.92. The van der Waals surface area contributed by atoms with Gasteiger partial charge in [0.05, 0.1) is 6.10 Å². The van der Waals surface area contributed by atoms with E-state index in [1.54, 1.807) is 12.2 Å². The van der Waals surface area contributed by atoms with Gasteiger partial charge >= 0.3 is 0 Å². The molecule has 2 spiro atoms. The van der Waals surface area contributed by atoms with Crippen molar-refractivity contribution >= 4 is 11.6 Å². The van der Waals surface area contributed by atoms with E-state index in [-0.39, 0.29) is 23.1 Å². The smallest absolute Gasteiger partial charge is 0.178 e. The lowest BCUT2D eigenvalue weighted by Gasteiger charge is -2.29. The number of carbonyl (C=O) groups excluding carboxylic acids is 2. The van der Waals surface area contributed by atoms with Gasteiger partial charge in [-0.15, -0.1) is 0 Å². The largest absolute Gasteiger partial charge is 0.346 e. The molecule has 2 fully saturated rings. The van der Waals surface area contributed by atoms with Gasteiger partial charge in [0, 0.05) is 24.8 Å². The summed E-state index contributed by atoms with van der Waals surface area (Å²) in [5, 5.41) is 0. The summed E-state index contributed by atoms with van der Waals surface area (Å²) in [6.45, 7) is 6.49. The fourth-order valence-corrected chi connectivity index (χ4v) is 4.31. The van der Waals surface area contributed by atoms with E-state index in [4.69, 9.17) is 9.47 Å². The van der Waals surface area contributed by atoms with Crippen molar-refractivity contribution in [3.8, 4) is 0 Å². The highest BCUT2D eigenvalue weighted by atomic mass is 16.7. The molecule has 0 N–H and O–H groups in total. The van der Waals surface area contributed by atoms with Gasteiger partial charge in [0.1, 0.15) is 5.60 Å². The van der Waals surface area contributed by atoms with Gasteiger partial charge in [0.2, 0.25) is 0 Å². The van der Waals surface area contributed by atoms with E-state index in [9.17, 15) is 9.59 Å². The number of hydrogen-bond donors (Lipinski definition) is 0. The zero-order valence-electron chi connectivity index (χ0n) is 16.9. The van der Waals surface area contributed by atoms with Crippen LogP contribution in [0.4, 0.5) is 0 Å². The summed E-state index contributed by atoms with van der Waals surface area (Å²) >= 11 is 0. The molecule has 0 aromatic heterocycles. The fourth-order valence-electron chi connectivity index (χ4n) is 4.31. The number of carbonyl (C=O) groups is 2. The van der Waals surface area contributed by atoms with Gasteiger partial charge in [-0.2, -0.15) is 0 Å². The van der Waals surface area contributed by atoms with Crippen molar-refractivity contribution in [3.05, 3.63) is 59.7 Å². The van der Waals surface area contributed by atoms with Gasteiger partial charge < -0.3 is 9.47 Å². The molecular weight excluding hydrogens is 352 g/mol. The molecule has 28 heavy (non-hydrogen) atoms. The number of allylic oxidation sites excluding steroid dienone is 2. The van der Waals surface area contributed by atoms with E-state index in [2.05, 4.69) is 20.8 Å². The number of benzene rings is 1. The molecule has 0 unspecified atom stereocenters. The van der Waals surface area contributed by atoms with Crippen LogP contribution in [0.1, 0.15) is 68.8 Å². The van der Waals surface area contributed by atoms with Crippen LogP contribution in [-0.2, 0) is 19.7 Å². The molecule has 0 bridgehead atoms. The molecule has 0 saturated carbocycles. The molecular formula is C24H28O4. The van der Waals surface area contributed by atoms with E-state index in [0.29, 0.717) is 6.42 Å². The SMILES string of the molecule is CC(C)(C)c1ccc(C(=O)C[C@@H]2CC[C@]3(CCC4(C=CC(=O)C=C4)O3)O2)cc1. The van der Waals surface area contributed by atoms with Crippen molar-refractivity contribution in [1.29, 1.82) is 0 Å². The lowest BCUT2D eigenvalue weighted by atomic mass is 9.86. The molecule has 148 valence electrons. The quantitative estimate of drug-likeness (QED) is 0.715. The summed E-state index contributed by atoms with van der Waals surface area (Å²) in [5.74, 6) is -0.530. The van der Waals surface area contributed by atoms with Gasteiger partial charge in [0.15, 0.2) is 17.4 Å². The van der Waals surface area contributed by atoms with Crippen LogP contribution in [0.5, 0.6) is 0 Å². The third-order valence-corrected chi connectivity index (χ3v) is 6.05. The van der Waals surface area contributed by atoms with Crippen LogP contribution < -0.4 is 0 Å². The minimum Gasteiger partial charge on any atom is -0.346 e. The van der Waals surface area contributed by atoms with Gasteiger partial charge in [-0.1, -0.05) is 45.0 Å². The van der Waals surface area contributed by atoms with Crippen LogP contribution in [0, 0.1) is 0 Å². The third kappa shape index (κ3) is 3.76. The second kappa shape index (κ2) is 6.78. The molecule has 1 aliphatic carbocycles. The first-order valence-electron chi connectivity index (χ1n) is 10.1. The highest BCUT2D eigenvalue weighted by Crippen LogP contribution is 2.48. The van der Waals surface area contributed by atoms with Crippen LogP contribution in [0.3, 0.4) is 0 Å². The Bertz CT molecular complexity index is 824. The Morgan fingerprint density at radius 2 is 1.75 bits per heavy atom. The molecule has 0 radical (unpaired) electrons. The zero-order chi connectivity index (χ0) is 20.0. The Labute approximate surface area is 166 Å². The maximum absolute atomic E-state index is 12.7. The van der Waals surface area contributed by atoms with E-state index in [1.165, 1.54) is 5.56 Å². The van der Waals surface area contributed by atoms with Gasteiger partial charge in [-0.3, -0.25) is 9.59 Å². The molecule has 2 saturated heterocycles. The Balaban J connectivity index is 1.37. The maximum Gasteiger partial charge on any atom is 0.178 e. The third-order valence-electron chi connectivity index (χ3n) is 6.05. The number of ketones is 2. The topological polar surface area (TPSA) is 52.6 Å². The highest BCUT2D eigenvalue weighted by Gasteiger charge is 2.52. The molecule has 2 atom stereocenters. The first-order valence-corrected chi connectivity index (χ1v) is 10.1. The Hall–Kier alpha value is -2.04. The van der Waals surface area contributed by atoms with Crippen LogP contribution >= 0.6 is 0 Å². The number of Topliss-reactive ketones (excluding diaryl/α,β-unsaturated/α-hetero) is 1. The highest BCUT2D eigenvalue weighted by molar-refractivity contribution is 6.00. The summed E-state index contributed by atoms with van der Waals surface area (Å²) in [6.07, 6.45) is 10.2. The first kappa shape index (κ1) is 19.3. The molecule has 3 aliphatic rings. The van der Waals surface area contributed by atoms with E-state index >= 15 is 0 Å². The first-order chi connectivity index (χ1) is 13.2. The minimum atomic E-state index is -0.629. The van der Waals surface area contributed by atoms with E-state index in [1.807, 2.05) is 36.4 Å². The van der Waals surface area contributed by atoms with Crippen LogP contribution in [0.2, 0.25) is 0 Å². The Kier molecular flexibility index (Phi) is 4.67. The average Bonchev–Trinajstić information content (AvgIpc) is 3.21. The Morgan fingerprint density at radius 3 is 2.39 bits per heavy atom. The van der Waals surface area contributed by atoms with Crippen molar-refractivity contribution in [2.24, 2.45) is 0 Å². The normalized spacial score (nSPS) is 28.5. The molecule has 2 aliphatic heterocycles. The average molecular weight is 380 g/mol. The van der Waals surface area contributed by atoms with Gasteiger partial charge in [-0.25, -0.2) is 0 Å². The van der Waals surface area contributed by atoms with Crippen molar-refractivity contribution in [3.63, 3.8) is 0 Å². The minimum absolute atomic E-state index is 0.0107. The number of ether oxygens (including phenoxy) is 2. The van der Waals surface area contributed by atoms with Gasteiger partial charge in [0.25, 0.3) is 0 Å². The van der Waals surface area contributed by atoms with E-state index in [0.717, 1.165) is 31.2 Å². The lowest BCUT2D eigenvalue weighted by molar-refractivity contribution is -0.222. The zero-order valence-corrected chi connectivity index (χ0v) is 16.9. The van der Waals surface area contributed by atoms with Crippen molar-refractivity contribution < 1.29 is 19.1 Å².